The minimum atomic E-state index is -0.340. The Hall–Kier alpha value is -3.13. The number of hydrogen-bond acceptors (Lipinski definition) is 3. The Kier molecular flexibility index (Phi) is 5.48. The van der Waals surface area contributed by atoms with E-state index in [1.165, 1.54) is 0 Å². The third-order valence-corrected chi connectivity index (χ3v) is 3.21. The normalized spacial score (nSPS) is 9.74. The van der Waals surface area contributed by atoms with Crippen LogP contribution < -0.4 is 10.6 Å². The topological polar surface area (TPSA) is 82.0 Å². The number of carbonyl (C=O) groups is 2. The Morgan fingerprint density at radius 3 is 2.52 bits per heavy atom. The molecule has 116 valence electrons. The molecule has 2 aromatic rings. The van der Waals surface area contributed by atoms with Gasteiger partial charge < -0.3 is 10.6 Å². The number of carbonyl (C=O) groups excluding carboxylic acids is 2. The Morgan fingerprint density at radius 1 is 1.13 bits per heavy atom. The predicted molar refractivity (Wildman–Crippen MR) is 87.7 cm³/mol. The number of amides is 2. The highest BCUT2D eigenvalue weighted by Crippen LogP contribution is 2.10. The van der Waals surface area contributed by atoms with Crippen LogP contribution in [0, 0.1) is 18.3 Å². The van der Waals surface area contributed by atoms with Crippen LogP contribution in [0.3, 0.4) is 0 Å². The smallest absolute Gasteiger partial charge is 0.251 e. The molecule has 0 radical (unpaired) electrons. The zero-order valence-electron chi connectivity index (χ0n) is 12.8. The summed E-state index contributed by atoms with van der Waals surface area (Å²) in [5, 5.41) is 13.9. The lowest BCUT2D eigenvalue weighted by atomic mass is 10.1. The number of benzene rings is 2. The summed E-state index contributed by atoms with van der Waals surface area (Å²) in [6.45, 7) is 2.34. The van der Waals surface area contributed by atoms with Crippen LogP contribution in [0.25, 0.3) is 0 Å². The molecule has 0 spiro atoms. The number of anilines is 1. The van der Waals surface area contributed by atoms with Crippen molar-refractivity contribution in [3.8, 4) is 6.07 Å². The summed E-state index contributed by atoms with van der Waals surface area (Å²) in [6.07, 6.45) is -0.172. The van der Waals surface area contributed by atoms with Crippen LogP contribution in [0.5, 0.6) is 0 Å². The molecule has 0 saturated heterocycles. The van der Waals surface area contributed by atoms with E-state index in [2.05, 4.69) is 10.6 Å². The van der Waals surface area contributed by atoms with Gasteiger partial charge in [0.2, 0.25) is 5.91 Å². The molecule has 0 atom stereocenters. The van der Waals surface area contributed by atoms with Crippen LogP contribution in [0.4, 0.5) is 5.69 Å². The van der Waals surface area contributed by atoms with E-state index in [1.807, 2.05) is 37.3 Å². The van der Waals surface area contributed by atoms with E-state index in [1.54, 1.807) is 24.3 Å². The molecule has 0 aliphatic carbocycles. The Morgan fingerprint density at radius 2 is 1.87 bits per heavy atom. The molecule has 2 N–H and O–H groups in total. The summed E-state index contributed by atoms with van der Waals surface area (Å²) in [7, 11) is 0. The highest BCUT2D eigenvalue weighted by atomic mass is 16.2. The number of nitrogens with one attached hydrogen (secondary N) is 2. The first-order valence-corrected chi connectivity index (χ1v) is 7.19. The summed E-state index contributed by atoms with van der Waals surface area (Å²) in [5.74, 6) is -0.465. The molecule has 0 unspecified atom stereocenters. The average Bonchev–Trinajstić information content (AvgIpc) is 2.54. The first-order chi connectivity index (χ1) is 11.1. The van der Waals surface area contributed by atoms with Crippen molar-refractivity contribution in [1.29, 1.82) is 5.26 Å². The molecular formula is C18H17N3O2. The van der Waals surface area contributed by atoms with Crippen LogP contribution in [0.2, 0.25) is 0 Å². The first-order valence-electron chi connectivity index (χ1n) is 7.19. The van der Waals surface area contributed by atoms with Gasteiger partial charge in [-0.15, -0.1) is 0 Å². The second-order valence-corrected chi connectivity index (χ2v) is 5.13. The molecule has 0 aromatic heterocycles. The van der Waals surface area contributed by atoms with Crippen LogP contribution in [0.15, 0.2) is 48.5 Å². The monoisotopic (exact) mass is 307 g/mol. The van der Waals surface area contributed by atoms with Gasteiger partial charge in [0.1, 0.15) is 6.42 Å². The van der Waals surface area contributed by atoms with Crippen LogP contribution >= 0.6 is 0 Å². The van der Waals surface area contributed by atoms with Crippen molar-refractivity contribution in [1.82, 2.24) is 5.32 Å². The van der Waals surface area contributed by atoms with E-state index in [0.717, 1.165) is 11.1 Å². The molecule has 2 rings (SSSR count). The summed E-state index contributed by atoms with van der Waals surface area (Å²) >= 11 is 0. The number of nitrogens with zero attached hydrogens (tertiary/aromatic N) is 1. The molecule has 0 aliphatic rings. The molecule has 5 heteroatoms. The lowest BCUT2D eigenvalue weighted by Gasteiger charge is -2.07. The highest BCUT2D eigenvalue weighted by Gasteiger charge is 2.05. The van der Waals surface area contributed by atoms with E-state index in [9.17, 15) is 9.59 Å². The predicted octanol–water partition coefficient (Wildman–Crippen LogP) is 2.78. The van der Waals surface area contributed by atoms with E-state index < -0.39 is 0 Å². The molecule has 23 heavy (non-hydrogen) atoms. The second kappa shape index (κ2) is 7.76. The second-order valence-electron chi connectivity index (χ2n) is 5.13. The first kappa shape index (κ1) is 16.2. The van der Waals surface area contributed by atoms with Crippen molar-refractivity contribution in [3.63, 3.8) is 0 Å². The lowest BCUT2D eigenvalue weighted by Crippen LogP contribution is -2.22. The number of rotatable bonds is 5. The van der Waals surface area contributed by atoms with E-state index in [4.69, 9.17) is 5.26 Å². The lowest BCUT2D eigenvalue weighted by molar-refractivity contribution is -0.115. The van der Waals surface area contributed by atoms with Crippen molar-refractivity contribution in [2.45, 2.75) is 19.9 Å². The van der Waals surface area contributed by atoms with Gasteiger partial charge in [-0.05, 0) is 36.8 Å². The van der Waals surface area contributed by atoms with Gasteiger partial charge in [-0.25, -0.2) is 0 Å². The summed E-state index contributed by atoms with van der Waals surface area (Å²) in [4.78, 5) is 23.4. The van der Waals surface area contributed by atoms with Gasteiger partial charge in [0, 0.05) is 17.8 Å². The zero-order chi connectivity index (χ0) is 16.7. The van der Waals surface area contributed by atoms with Gasteiger partial charge in [0.15, 0.2) is 0 Å². The van der Waals surface area contributed by atoms with E-state index in [0.29, 0.717) is 17.8 Å². The summed E-state index contributed by atoms with van der Waals surface area (Å²) in [6, 6.07) is 16.3. The van der Waals surface area contributed by atoms with Gasteiger partial charge >= 0.3 is 0 Å². The van der Waals surface area contributed by atoms with Crippen LogP contribution in [0.1, 0.15) is 27.9 Å². The number of hydrogen-bond donors (Lipinski definition) is 2. The molecule has 0 fully saturated rings. The van der Waals surface area contributed by atoms with Crippen molar-refractivity contribution in [2.75, 3.05) is 5.32 Å². The van der Waals surface area contributed by atoms with Crippen molar-refractivity contribution < 1.29 is 9.59 Å². The Labute approximate surface area is 134 Å². The van der Waals surface area contributed by atoms with Gasteiger partial charge in [0.05, 0.1) is 6.07 Å². The van der Waals surface area contributed by atoms with Crippen molar-refractivity contribution in [2.24, 2.45) is 0 Å². The van der Waals surface area contributed by atoms with Gasteiger partial charge in [0.25, 0.3) is 5.91 Å². The molecular weight excluding hydrogens is 290 g/mol. The van der Waals surface area contributed by atoms with Crippen LogP contribution in [-0.4, -0.2) is 11.8 Å². The molecule has 0 saturated carbocycles. The van der Waals surface area contributed by atoms with Crippen molar-refractivity contribution >= 4 is 17.5 Å². The molecule has 0 bridgehead atoms. The molecule has 0 aliphatic heterocycles. The highest BCUT2D eigenvalue weighted by molar-refractivity contribution is 5.94. The zero-order valence-corrected chi connectivity index (χ0v) is 12.8. The van der Waals surface area contributed by atoms with Gasteiger partial charge in [-0.1, -0.05) is 29.8 Å². The maximum absolute atomic E-state index is 12.1. The van der Waals surface area contributed by atoms with E-state index >= 15 is 0 Å². The fraction of sp³-hybridized carbons (Fsp3) is 0.167. The van der Waals surface area contributed by atoms with E-state index in [-0.39, 0.29) is 18.2 Å². The molecule has 2 aromatic carbocycles. The standard InChI is InChI=1S/C18H17N3O2/c1-13-3-2-4-15(11-13)18(23)20-12-14-5-7-16(8-6-14)21-17(22)9-10-19/h2-8,11H,9,12H2,1H3,(H,20,23)(H,21,22). The largest absolute Gasteiger partial charge is 0.348 e. The fourth-order valence-corrected chi connectivity index (χ4v) is 2.05. The Balaban J connectivity index is 1.90. The third kappa shape index (κ3) is 4.97. The average molecular weight is 307 g/mol. The minimum Gasteiger partial charge on any atom is -0.348 e. The fourth-order valence-electron chi connectivity index (χ4n) is 2.05. The van der Waals surface area contributed by atoms with Crippen molar-refractivity contribution in [3.05, 3.63) is 65.2 Å². The molecule has 0 heterocycles. The molecule has 2 amide bonds. The third-order valence-electron chi connectivity index (χ3n) is 3.21. The van der Waals surface area contributed by atoms with Gasteiger partial charge in [-0.2, -0.15) is 5.26 Å². The van der Waals surface area contributed by atoms with Crippen LogP contribution in [-0.2, 0) is 11.3 Å². The Bertz CT molecular complexity index is 746. The summed E-state index contributed by atoms with van der Waals surface area (Å²) in [5.41, 5.74) is 3.21. The van der Waals surface area contributed by atoms with Gasteiger partial charge in [-0.3, -0.25) is 9.59 Å². The minimum absolute atomic E-state index is 0.125. The number of nitriles is 1. The number of aryl methyl sites for hydroxylation is 1. The molecule has 5 nitrogen and oxygen atoms in total. The quantitative estimate of drug-likeness (QED) is 0.891. The maximum atomic E-state index is 12.1. The SMILES string of the molecule is Cc1cccc(C(=O)NCc2ccc(NC(=O)CC#N)cc2)c1. The summed E-state index contributed by atoms with van der Waals surface area (Å²) < 4.78 is 0. The maximum Gasteiger partial charge on any atom is 0.251 e.